The smallest absolute Gasteiger partial charge is 0.257 e. The van der Waals surface area contributed by atoms with Crippen LogP contribution in [0.15, 0.2) is 47.0 Å². The Morgan fingerprint density at radius 3 is 2.71 bits per heavy atom. The molecule has 0 radical (unpaired) electrons. The quantitative estimate of drug-likeness (QED) is 0.611. The predicted molar refractivity (Wildman–Crippen MR) is 114 cm³/mol. The van der Waals surface area contributed by atoms with E-state index in [9.17, 15) is 14.0 Å². The fourth-order valence-corrected chi connectivity index (χ4v) is 4.01. The van der Waals surface area contributed by atoms with Crippen molar-refractivity contribution in [3.05, 3.63) is 75.8 Å². The first-order valence-corrected chi connectivity index (χ1v) is 10.4. The maximum Gasteiger partial charge on any atom is 0.257 e. The third kappa shape index (κ3) is 4.32. The number of carbonyl (C=O) groups is 2. The third-order valence-corrected chi connectivity index (χ3v) is 5.69. The molecule has 1 fully saturated rings. The molecule has 6 nitrogen and oxygen atoms in total. The SMILES string of the molecule is Cc1onc(-c2c(F)cccc2Cl)c1C(=O)NCc1ccccc1CN1CCCC1=O. The second-order valence-electron chi connectivity index (χ2n) is 7.43. The summed E-state index contributed by atoms with van der Waals surface area (Å²) in [4.78, 5) is 26.8. The molecule has 1 aliphatic rings. The standard InChI is InChI=1S/C23H21ClFN3O3/c1-14-20(22(27-31-14)21-17(24)8-4-9-18(21)25)23(30)26-12-15-6-2-3-7-16(15)13-28-11-5-10-19(28)29/h2-4,6-9H,5,10-13H2,1H3,(H,26,30). The van der Waals surface area contributed by atoms with Gasteiger partial charge < -0.3 is 14.7 Å². The maximum absolute atomic E-state index is 14.4. The Hall–Kier alpha value is -3.19. The fraction of sp³-hybridized carbons (Fsp3) is 0.261. The number of aryl methyl sites for hydroxylation is 1. The zero-order chi connectivity index (χ0) is 22.0. The van der Waals surface area contributed by atoms with E-state index < -0.39 is 11.7 Å². The molecule has 0 aliphatic carbocycles. The van der Waals surface area contributed by atoms with Crippen molar-refractivity contribution >= 4 is 23.4 Å². The van der Waals surface area contributed by atoms with Crippen LogP contribution in [0.25, 0.3) is 11.3 Å². The molecule has 1 aliphatic heterocycles. The van der Waals surface area contributed by atoms with E-state index in [2.05, 4.69) is 10.5 Å². The number of hydrogen-bond acceptors (Lipinski definition) is 4. The molecule has 0 bridgehead atoms. The van der Waals surface area contributed by atoms with Crippen molar-refractivity contribution in [2.45, 2.75) is 32.9 Å². The van der Waals surface area contributed by atoms with E-state index in [0.717, 1.165) is 24.1 Å². The third-order valence-electron chi connectivity index (χ3n) is 5.38. The largest absolute Gasteiger partial charge is 0.360 e. The second-order valence-corrected chi connectivity index (χ2v) is 7.84. The van der Waals surface area contributed by atoms with Crippen LogP contribution in [0.2, 0.25) is 5.02 Å². The Bertz CT molecular complexity index is 1120. The minimum Gasteiger partial charge on any atom is -0.360 e. The minimum atomic E-state index is -0.588. The number of rotatable bonds is 6. The predicted octanol–water partition coefficient (Wildman–Crippen LogP) is 4.49. The molecular formula is C23H21ClFN3O3. The average Bonchev–Trinajstić information content (AvgIpc) is 3.32. The number of carbonyl (C=O) groups excluding carboxylic acids is 2. The topological polar surface area (TPSA) is 75.4 Å². The molecule has 2 aromatic carbocycles. The number of benzene rings is 2. The first-order chi connectivity index (χ1) is 15.0. The second kappa shape index (κ2) is 8.89. The Kier molecular flexibility index (Phi) is 6.04. The number of nitrogens with one attached hydrogen (secondary N) is 1. The molecule has 160 valence electrons. The van der Waals surface area contributed by atoms with Crippen molar-refractivity contribution in [1.82, 2.24) is 15.4 Å². The van der Waals surface area contributed by atoms with Crippen molar-refractivity contribution in [1.29, 1.82) is 0 Å². The van der Waals surface area contributed by atoms with Crippen LogP contribution in [0, 0.1) is 12.7 Å². The average molecular weight is 442 g/mol. The van der Waals surface area contributed by atoms with Crippen molar-refractivity contribution in [2.24, 2.45) is 0 Å². The van der Waals surface area contributed by atoms with Gasteiger partial charge in [-0.3, -0.25) is 9.59 Å². The first kappa shape index (κ1) is 21.1. The summed E-state index contributed by atoms with van der Waals surface area (Å²) in [6, 6.07) is 11.9. The van der Waals surface area contributed by atoms with Crippen LogP contribution >= 0.6 is 11.6 Å². The van der Waals surface area contributed by atoms with Crippen LogP contribution in [-0.4, -0.2) is 28.4 Å². The van der Waals surface area contributed by atoms with Crippen LogP contribution in [0.1, 0.15) is 40.1 Å². The number of nitrogens with zero attached hydrogens (tertiary/aromatic N) is 2. The zero-order valence-corrected chi connectivity index (χ0v) is 17.7. The highest BCUT2D eigenvalue weighted by Gasteiger charge is 2.26. The van der Waals surface area contributed by atoms with Crippen LogP contribution in [-0.2, 0) is 17.9 Å². The molecule has 2 heterocycles. The van der Waals surface area contributed by atoms with Crippen LogP contribution in [0.3, 0.4) is 0 Å². The Morgan fingerprint density at radius 1 is 1.23 bits per heavy atom. The van der Waals surface area contributed by atoms with Crippen LogP contribution in [0.5, 0.6) is 0 Å². The summed E-state index contributed by atoms with van der Waals surface area (Å²) >= 11 is 6.15. The van der Waals surface area contributed by atoms with Crippen LogP contribution in [0.4, 0.5) is 4.39 Å². The zero-order valence-electron chi connectivity index (χ0n) is 17.0. The number of aromatic nitrogens is 1. The van der Waals surface area contributed by atoms with Crippen molar-refractivity contribution < 1.29 is 18.5 Å². The van der Waals surface area contributed by atoms with E-state index in [0.29, 0.717) is 13.0 Å². The lowest BCUT2D eigenvalue weighted by Crippen LogP contribution is -2.27. The summed E-state index contributed by atoms with van der Waals surface area (Å²) in [5, 5.41) is 6.88. The molecule has 0 atom stereocenters. The van der Waals surface area contributed by atoms with E-state index in [-0.39, 0.29) is 40.1 Å². The Morgan fingerprint density at radius 2 is 2.00 bits per heavy atom. The minimum absolute atomic E-state index is 0.0270. The van der Waals surface area contributed by atoms with Gasteiger partial charge in [0.05, 0.1) is 10.6 Å². The van der Waals surface area contributed by atoms with E-state index in [1.54, 1.807) is 6.92 Å². The van der Waals surface area contributed by atoms with Gasteiger partial charge in [-0.25, -0.2) is 4.39 Å². The van der Waals surface area contributed by atoms with E-state index in [4.69, 9.17) is 16.1 Å². The summed E-state index contributed by atoms with van der Waals surface area (Å²) in [5.74, 6) is -0.622. The summed E-state index contributed by atoms with van der Waals surface area (Å²) in [6.07, 6.45) is 1.44. The van der Waals surface area contributed by atoms with Gasteiger partial charge in [-0.1, -0.05) is 47.1 Å². The Labute approximate surface area is 184 Å². The highest BCUT2D eigenvalue weighted by atomic mass is 35.5. The lowest BCUT2D eigenvalue weighted by Gasteiger charge is -2.18. The highest BCUT2D eigenvalue weighted by molar-refractivity contribution is 6.33. The van der Waals surface area contributed by atoms with Gasteiger partial charge >= 0.3 is 0 Å². The normalized spacial score (nSPS) is 13.6. The molecule has 31 heavy (non-hydrogen) atoms. The summed E-state index contributed by atoms with van der Waals surface area (Å²) < 4.78 is 19.6. The number of hydrogen-bond donors (Lipinski definition) is 1. The molecule has 0 unspecified atom stereocenters. The van der Waals surface area contributed by atoms with Crippen molar-refractivity contribution in [3.8, 4) is 11.3 Å². The molecule has 8 heteroatoms. The summed E-state index contributed by atoms with van der Waals surface area (Å²) in [7, 11) is 0. The monoisotopic (exact) mass is 441 g/mol. The molecule has 4 rings (SSSR count). The van der Waals surface area contributed by atoms with E-state index in [1.807, 2.05) is 29.2 Å². The van der Waals surface area contributed by atoms with E-state index in [1.165, 1.54) is 18.2 Å². The number of amides is 2. The van der Waals surface area contributed by atoms with Gasteiger partial charge in [0, 0.05) is 26.1 Å². The van der Waals surface area contributed by atoms with Gasteiger partial charge in [0.2, 0.25) is 5.91 Å². The molecular weight excluding hydrogens is 421 g/mol. The lowest BCUT2D eigenvalue weighted by atomic mass is 10.0. The summed E-state index contributed by atoms with van der Waals surface area (Å²) in [6.45, 7) is 3.08. The van der Waals surface area contributed by atoms with Gasteiger partial charge in [0.1, 0.15) is 22.8 Å². The Balaban J connectivity index is 1.55. The fourth-order valence-electron chi connectivity index (χ4n) is 3.76. The number of halogens is 2. The van der Waals surface area contributed by atoms with Crippen LogP contribution < -0.4 is 5.32 Å². The van der Waals surface area contributed by atoms with Gasteiger partial charge in [-0.15, -0.1) is 0 Å². The van der Waals surface area contributed by atoms with Gasteiger partial charge in [0.15, 0.2) is 0 Å². The van der Waals surface area contributed by atoms with Crippen molar-refractivity contribution in [3.63, 3.8) is 0 Å². The molecule has 3 aromatic rings. The molecule has 0 spiro atoms. The van der Waals surface area contributed by atoms with Gasteiger partial charge in [-0.05, 0) is 36.6 Å². The van der Waals surface area contributed by atoms with Gasteiger partial charge in [0.25, 0.3) is 5.91 Å². The molecule has 1 saturated heterocycles. The molecule has 0 saturated carbocycles. The highest BCUT2D eigenvalue weighted by Crippen LogP contribution is 2.33. The maximum atomic E-state index is 14.4. The molecule has 1 aromatic heterocycles. The van der Waals surface area contributed by atoms with Crippen molar-refractivity contribution in [2.75, 3.05) is 6.54 Å². The van der Waals surface area contributed by atoms with Gasteiger partial charge in [-0.2, -0.15) is 0 Å². The number of likely N-dealkylation sites (tertiary alicyclic amines) is 1. The lowest BCUT2D eigenvalue weighted by molar-refractivity contribution is -0.128. The molecule has 2 amide bonds. The first-order valence-electron chi connectivity index (χ1n) is 9.99. The summed E-state index contributed by atoms with van der Waals surface area (Å²) in [5.41, 5.74) is 2.10. The van der Waals surface area contributed by atoms with E-state index >= 15 is 0 Å². The molecule has 1 N–H and O–H groups in total.